The Morgan fingerprint density at radius 3 is 2.21 bits per heavy atom. The van der Waals surface area contributed by atoms with Gasteiger partial charge in [0, 0.05) is 23.7 Å². The predicted octanol–water partition coefficient (Wildman–Crippen LogP) is 2.50. The summed E-state index contributed by atoms with van der Waals surface area (Å²) in [7, 11) is 0. The number of benzene rings is 1. The maximum Gasteiger partial charge on any atom is 0.251 e. The minimum absolute atomic E-state index is 0.0962. The van der Waals surface area contributed by atoms with E-state index in [0.717, 1.165) is 19.3 Å². The molecule has 1 aliphatic rings. The molecule has 0 heterocycles. The third-order valence-electron chi connectivity index (χ3n) is 4.21. The van der Waals surface area contributed by atoms with Crippen molar-refractivity contribution in [2.45, 2.75) is 58.1 Å². The molecule has 1 saturated carbocycles. The van der Waals surface area contributed by atoms with Crippen molar-refractivity contribution in [1.82, 2.24) is 10.6 Å². The van der Waals surface area contributed by atoms with Crippen LogP contribution in [0.15, 0.2) is 24.3 Å². The molecule has 0 aromatic heterocycles. The zero-order valence-electron chi connectivity index (χ0n) is 14.8. The summed E-state index contributed by atoms with van der Waals surface area (Å²) in [6, 6.07) is 6.90. The number of amides is 2. The second-order valence-electron chi connectivity index (χ2n) is 7.44. The quantitative estimate of drug-likeness (QED) is 0.684. The summed E-state index contributed by atoms with van der Waals surface area (Å²) in [6.07, 6.45) is 3.64. The average molecular weight is 332 g/mol. The van der Waals surface area contributed by atoms with Gasteiger partial charge in [0.05, 0.1) is 5.60 Å². The first-order valence-corrected chi connectivity index (χ1v) is 8.68. The summed E-state index contributed by atoms with van der Waals surface area (Å²) < 4.78 is 0. The van der Waals surface area contributed by atoms with E-state index in [2.05, 4.69) is 24.5 Å². The van der Waals surface area contributed by atoms with Gasteiger partial charge in [-0.25, -0.2) is 0 Å². The van der Waals surface area contributed by atoms with Crippen molar-refractivity contribution in [3.05, 3.63) is 35.4 Å². The number of carbonyl (C=O) groups excluding carboxylic acids is 2. The lowest BCUT2D eigenvalue weighted by molar-refractivity contribution is 0.0429. The molecule has 2 amide bonds. The fourth-order valence-electron chi connectivity index (χ4n) is 2.33. The van der Waals surface area contributed by atoms with Gasteiger partial charge in [-0.1, -0.05) is 13.8 Å². The number of carbonyl (C=O) groups is 2. The standard InChI is InChI=1S/C19H28N2O3/c1-13(2)10-11-19(3,24)12-20-17(22)14-4-6-15(7-5-14)18(23)21-16-8-9-16/h4-7,13,16,24H,8-12H2,1-3H3,(H,20,22)(H,21,23). The van der Waals surface area contributed by atoms with Crippen molar-refractivity contribution in [2.75, 3.05) is 6.54 Å². The van der Waals surface area contributed by atoms with Crippen LogP contribution in [0.1, 0.15) is 67.2 Å². The van der Waals surface area contributed by atoms with Crippen LogP contribution in [0.3, 0.4) is 0 Å². The molecular formula is C19H28N2O3. The molecule has 1 atom stereocenters. The smallest absolute Gasteiger partial charge is 0.251 e. The maximum absolute atomic E-state index is 12.2. The van der Waals surface area contributed by atoms with Crippen LogP contribution in [0, 0.1) is 5.92 Å². The Labute approximate surface area is 143 Å². The molecule has 3 N–H and O–H groups in total. The van der Waals surface area contributed by atoms with Gasteiger partial charge < -0.3 is 15.7 Å². The lowest BCUT2D eigenvalue weighted by Gasteiger charge is -2.24. The summed E-state index contributed by atoms with van der Waals surface area (Å²) in [6.45, 7) is 6.16. The summed E-state index contributed by atoms with van der Waals surface area (Å²) in [5.41, 5.74) is 0.129. The molecule has 1 aliphatic carbocycles. The van der Waals surface area contributed by atoms with Crippen LogP contribution in [-0.2, 0) is 0 Å². The second-order valence-corrected chi connectivity index (χ2v) is 7.44. The Hall–Kier alpha value is -1.88. The first-order chi connectivity index (χ1) is 11.3. The average Bonchev–Trinajstić information content (AvgIpc) is 3.35. The second kappa shape index (κ2) is 7.79. The van der Waals surface area contributed by atoms with Gasteiger partial charge in [-0.3, -0.25) is 9.59 Å². The number of aliphatic hydroxyl groups is 1. The highest BCUT2D eigenvalue weighted by Gasteiger charge is 2.24. The third-order valence-corrected chi connectivity index (χ3v) is 4.21. The molecule has 1 fully saturated rings. The van der Waals surface area contributed by atoms with E-state index >= 15 is 0 Å². The first kappa shape index (κ1) is 18.5. The van der Waals surface area contributed by atoms with Crippen molar-refractivity contribution < 1.29 is 14.7 Å². The Kier molecular flexibility index (Phi) is 5.99. The Morgan fingerprint density at radius 2 is 1.71 bits per heavy atom. The van der Waals surface area contributed by atoms with Crippen LogP contribution in [0.25, 0.3) is 0 Å². The van der Waals surface area contributed by atoms with E-state index < -0.39 is 5.60 Å². The normalized spacial score (nSPS) is 16.5. The van der Waals surface area contributed by atoms with E-state index in [-0.39, 0.29) is 18.4 Å². The molecule has 2 rings (SSSR count). The molecule has 5 heteroatoms. The van der Waals surface area contributed by atoms with Gasteiger partial charge in [0.15, 0.2) is 0 Å². The van der Waals surface area contributed by atoms with Crippen LogP contribution < -0.4 is 10.6 Å². The van der Waals surface area contributed by atoms with E-state index in [1.807, 2.05) is 0 Å². The van der Waals surface area contributed by atoms with Crippen molar-refractivity contribution in [1.29, 1.82) is 0 Å². The molecule has 132 valence electrons. The van der Waals surface area contributed by atoms with E-state index in [9.17, 15) is 14.7 Å². The van der Waals surface area contributed by atoms with Gasteiger partial charge in [0.1, 0.15) is 0 Å². The fourth-order valence-corrected chi connectivity index (χ4v) is 2.33. The van der Waals surface area contributed by atoms with Crippen LogP contribution in [0.2, 0.25) is 0 Å². The monoisotopic (exact) mass is 332 g/mol. The molecule has 0 saturated heterocycles. The van der Waals surface area contributed by atoms with E-state index in [0.29, 0.717) is 29.5 Å². The molecule has 0 radical (unpaired) electrons. The molecule has 5 nitrogen and oxygen atoms in total. The van der Waals surface area contributed by atoms with Gasteiger partial charge in [-0.2, -0.15) is 0 Å². The Morgan fingerprint density at radius 1 is 1.17 bits per heavy atom. The molecule has 24 heavy (non-hydrogen) atoms. The number of hydrogen-bond donors (Lipinski definition) is 3. The summed E-state index contributed by atoms with van der Waals surface area (Å²) in [4.78, 5) is 24.1. The lowest BCUT2D eigenvalue weighted by atomic mass is 9.95. The topological polar surface area (TPSA) is 78.4 Å². The number of rotatable bonds is 8. The van der Waals surface area contributed by atoms with Gasteiger partial charge in [0.2, 0.25) is 0 Å². The summed E-state index contributed by atoms with van der Waals surface area (Å²) in [5.74, 6) is 0.177. The van der Waals surface area contributed by atoms with Crippen LogP contribution in [0.5, 0.6) is 0 Å². The van der Waals surface area contributed by atoms with Crippen molar-refractivity contribution >= 4 is 11.8 Å². The van der Waals surface area contributed by atoms with Crippen LogP contribution in [-0.4, -0.2) is 35.1 Å². The molecule has 1 unspecified atom stereocenters. The minimum Gasteiger partial charge on any atom is -0.388 e. The first-order valence-electron chi connectivity index (χ1n) is 8.68. The lowest BCUT2D eigenvalue weighted by Crippen LogP contribution is -2.40. The molecule has 0 spiro atoms. The van der Waals surface area contributed by atoms with E-state index in [1.165, 1.54) is 0 Å². The number of nitrogens with one attached hydrogen (secondary N) is 2. The van der Waals surface area contributed by atoms with Gasteiger partial charge >= 0.3 is 0 Å². The highest BCUT2D eigenvalue weighted by Crippen LogP contribution is 2.19. The SMILES string of the molecule is CC(C)CCC(C)(O)CNC(=O)c1ccc(C(=O)NC2CC2)cc1. The molecule has 0 bridgehead atoms. The van der Waals surface area contributed by atoms with Gasteiger partial charge in [0.25, 0.3) is 11.8 Å². The molecule has 1 aromatic carbocycles. The van der Waals surface area contributed by atoms with Gasteiger partial charge in [-0.15, -0.1) is 0 Å². The highest BCUT2D eigenvalue weighted by molar-refractivity contribution is 5.98. The van der Waals surface area contributed by atoms with Gasteiger partial charge in [-0.05, 0) is 62.8 Å². The largest absolute Gasteiger partial charge is 0.388 e. The highest BCUT2D eigenvalue weighted by atomic mass is 16.3. The van der Waals surface area contributed by atoms with Crippen molar-refractivity contribution in [3.63, 3.8) is 0 Å². The number of hydrogen-bond acceptors (Lipinski definition) is 3. The van der Waals surface area contributed by atoms with Crippen molar-refractivity contribution in [3.8, 4) is 0 Å². The molecule has 0 aliphatic heterocycles. The minimum atomic E-state index is -0.913. The van der Waals surface area contributed by atoms with Crippen molar-refractivity contribution in [2.24, 2.45) is 5.92 Å². The van der Waals surface area contributed by atoms with Crippen LogP contribution >= 0.6 is 0 Å². The predicted molar refractivity (Wildman–Crippen MR) is 94.0 cm³/mol. The Balaban J connectivity index is 1.84. The summed E-state index contributed by atoms with van der Waals surface area (Å²) >= 11 is 0. The zero-order chi connectivity index (χ0) is 17.7. The third kappa shape index (κ3) is 5.96. The maximum atomic E-state index is 12.2. The fraction of sp³-hybridized carbons (Fsp3) is 0.579. The summed E-state index contributed by atoms with van der Waals surface area (Å²) in [5, 5.41) is 16.0. The zero-order valence-corrected chi connectivity index (χ0v) is 14.8. The van der Waals surface area contributed by atoms with Crippen LogP contribution in [0.4, 0.5) is 0 Å². The van der Waals surface area contributed by atoms with E-state index in [1.54, 1.807) is 31.2 Å². The molecular weight excluding hydrogens is 304 g/mol. The Bertz CT molecular complexity index is 575. The van der Waals surface area contributed by atoms with E-state index in [4.69, 9.17) is 0 Å². The molecule has 1 aromatic rings.